The van der Waals surface area contributed by atoms with Crippen LogP contribution in [-0.2, 0) is 22.8 Å². The van der Waals surface area contributed by atoms with Gasteiger partial charge in [-0.2, -0.15) is 5.10 Å². The molecule has 0 radical (unpaired) electrons. The molecule has 0 amide bonds. The van der Waals surface area contributed by atoms with E-state index in [4.69, 9.17) is 4.98 Å². The fraction of sp³-hybridized carbons (Fsp3) is 0.273. The first-order valence-corrected chi connectivity index (χ1v) is 16.9. The molecule has 2 aromatic carbocycles. The Hall–Kier alpha value is -4.55. The molecule has 0 aliphatic carbocycles. The molecule has 4 aromatic heterocycles. The maximum Gasteiger partial charge on any atom is 0.159 e. The number of pyridine rings is 2. The SMILES string of the molecule is CS(=O)(=O)CCc1cc(F)cc(-c2nccc3[nH]c(-c4n[nH]c5ccc(-c6cncc(CN7CCCCC7)c6)c(F)c45)nc23)c1. The number of fused-ring (bicyclic) bond motifs is 2. The number of imidazole rings is 1. The van der Waals surface area contributed by atoms with Crippen LogP contribution in [0.1, 0.15) is 30.4 Å². The van der Waals surface area contributed by atoms with Crippen LogP contribution in [0.15, 0.2) is 61.1 Å². The third-order valence-corrected chi connectivity index (χ3v) is 9.19. The van der Waals surface area contributed by atoms with Crippen LogP contribution in [0.3, 0.4) is 0 Å². The molecule has 6 aromatic rings. The van der Waals surface area contributed by atoms with Crippen LogP contribution in [0.25, 0.3) is 55.8 Å². The Morgan fingerprint density at radius 2 is 1.73 bits per heavy atom. The number of benzene rings is 2. The first-order valence-electron chi connectivity index (χ1n) is 14.9. The number of hydrogen-bond acceptors (Lipinski definition) is 7. The molecule has 0 saturated carbocycles. The Labute approximate surface area is 258 Å². The molecule has 45 heavy (non-hydrogen) atoms. The minimum Gasteiger partial charge on any atom is -0.336 e. The van der Waals surface area contributed by atoms with E-state index in [1.807, 2.05) is 12.3 Å². The fourth-order valence-electron chi connectivity index (χ4n) is 6.06. The van der Waals surface area contributed by atoms with Crippen LogP contribution in [-0.4, -0.2) is 68.5 Å². The van der Waals surface area contributed by atoms with Crippen LogP contribution in [0.2, 0.25) is 0 Å². The zero-order chi connectivity index (χ0) is 31.1. The van der Waals surface area contributed by atoms with Crippen molar-refractivity contribution in [3.05, 3.63) is 83.8 Å². The average Bonchev–Trinajstić information content (AvgIpc) is 3.65. The summed E-state index contributed by atoms with van der Waals surface area (Å²) >= 11 is 0. The Bertz CT molecular complexity index is 2150. The van der Waals surface area contributed by atoms with E-state index in [1.165, 1.54) is 31.4 Å². The van der Waals surface area contributed by atoms with E-state index in [2.05, 4.69) is 30.0 Å². The van der Waals surface area contributed by atoms with E-state index < -0.39 is 21.5 Å². The van der Waals surface area contributed by atoms with Crippen molar-refractivity contribution in [3.8, 4) is 33.9 Å². The number of piperidine rings is 1. The second-order valence-electron chi connectivity index (χ2n) is 11.7. The first-order chi connectivity index (χ1) is 21.7. The van der Waals surface area contributed by atoms with E-state index in [0.717, 1.165) is 31.5 Å². The molecule has 0 spiro atoms. The number of rotatable bonds is 8. The number of nitrogens with one attached hydrogen (secondary N) is 2. The van der Waals surface area contributed by atoms with Crippen molar-refractivity contribution in [2.24, 2.45) is 0 Å². The monoisotopic (exact) mass is 627 g/mol. The smallest absolute Gasteiger partial charge is 0.159 e. The van der Waals surface area contributed by atoms with Crippen LogP contribution in [0.4, 0.5) is 8.78 Å². The summed E-state index contributed by atoms with van der Waals surface area (Å²) in [5.74, 6) is -0.716. The van der Waals surface area contributed by atoms with Crippen molar-refractivity contribution >= 4 is 31.8 Å². The Morgan fingerprint density at radius 3 is 2.56 bits per heavy atom. The average molecular weight is 628 g/mol. The second kappa shape index (κ2) is 11.8. The summed E-state index contributed by atoms with van der Waals surface area (Å²) in [6, 6.07) is 11.6. The maximum absolute atomic E-state index is 16.3. The van der Waals surface area contributed by atoms with Crippen LogP contribution in [0, 0.1) is 11.6 Å². The number of aryl methyl sites for hydroxylation is 1. The topological polar surface area (TPSA) is 121 Å². The molecule has 12 heteroatoms. The van der Waals surface area contributed by atoms with E-state index in [0.29, 0.717) is 56.0 Å². The third kappa shape index (κ3) is 6.07. The highest BCUT2D eigenvalue weighted by Gasteiger charge is 2.21. The van der Waals surface area contributed by atoms with Gasteiger partial charge >= 0.3 is 0 Å². The normalized spacial score (nSPS) is 14.5. The lowest BCUT2D eigenvalue weighted by atomic mass is 10.0. The summed E-state index contributed by atoms with van der Waals surface area (Å²) in [7, 11) is -3.22. The fourth-order valence-corrected chi connectivity index (χ4v) is 6.66. The molecule has 1 saturated heterocycles. The van der Waals surface area contributed by atoms with Gasteiger partial charge in [-0.25, -0.2) is 22.2 Å². The number of halogens is 2. The highest BCUT2D eigenvalue weighted by Crippen LogP contribution is 2.35. The lowest BCUT2D eigenvalue weighted by Crippen LogP contribution is -2.29. The highest BCUT2D eigenvalue weighted by atomic mass is 32.2. The van der Waals surface area contributed by atoms with Gasteiger partial charge in [0.15, 0.2) is 5.82 Å². The molecule has 2 N–H and O–H groups in total. The Morgan fingerprint density at radius 1 is 0.911 bits per heavy atom. The van der Waals surface area contributed by atoms with Gasteiger partial charge in [0.25, 0.3) is 0 Å². The number of aromatic amines is 2. The van der Waals surface area contributed by atoms with Gasteiger partial charge in [0.05, 0.1) is 27.9 Å². The van der Waals surface area contributed by atoms with Gasteiger partial charge in [0.1, 0.15) is 32.7 Å². The third-order valence-electron chi connectivity index (χ3n) is 8.25. The van der Waals surface area contributed by atoms with Crippen LogP contribution >= 0.6 is 0 Å². The second-order valence-corrected chi connectivity index (χ2v) is 14.0. The minimum absolute atomic E-state index is 0.0986. The van der Waals surface area contributed by atoms with Gasteiger partial charge in [-0.15, -0.1) is 0 Å². The van der Waals surface area contributed by atoms with Gasteiger partial charge in [-0.1, -0.05) is 6.42 Å². The molecule has 1 fully saturated rings. The minimum atomic E-state index is -3.22. The molecule has 230 valence electrons. The van der Waals surface area contributed by atoms with Crippen molar-refractivity contribution in [2.75, 3.05) is 25.1 Å². The zero-order valence-electron chi connectivity index (χ0n) is 24.6. The molecule has 9 nitrogen and oxygen atoms in total. The van der Waals surface area contributed by atoms with Crippen molar-refractivity contribution in [3.63, 3.8) is 0 Å². The molecule has 0 unspecified atom stereocenters. The predicted octanol–water partition coefficient (Wildman–Crippen LogP) is 6.08. The predicted molar refractivity (Wildman–Crippen MR) is 170 cm³/mol. The maximum atomic E-state index is 16.3. The number of sulfone groups is 1. The molecular weight excluding hydrogens is 596 g/mol. The number of aromatic nitrogens is 6. The largest absolute Gasteiger partial charge is 0.336 e. The van der Waals surface area contributed by atoms with Gasteiger partial charge < -0.3 is 4.98 Å². The molecule has 1 aliphatic rings. The number of likely N-dealkylation sites (tertiary alicyclic amines) is 1. The summed E-state index contributed by atoms with van der Waals surface area (Å²) < 4.78 is 54.3. The van der Waals surface area contributed by atoms with Gasteiger partial charge in [0.2, 0.25) is 0 Å². The molecular formula is C33H31F2N7O2S. The summed E-state index contributed by atoms with van der Waals surface area (Å²) in [5, 5.41) is 7.62. The number of nitrogens with zero attached hydrogens (tertiary/aromatic N) is 5. The first kappa shape index (κ1) is 29.2. The quantitative estimate of drug-likeness (QED) is 0.210. The molecule has 1 aliphatic heterocycles. The summed E-state index contributed by atoms with van der Waals surface area (Å²) in [6.45, 7) is 2.89. The van der Waals surface area contributed by atoms with Crippen LogP contribution < -0.4 is 0 Å². The number of H-pyrrole nitrogens is 2. The van der Waals surface area contributed by atoms with E-state index in [9.17, 15) is 12.8 Å². The molecule has 0 bridgehead atoms. The summed E-state index contributed by atoms with van der Waals surface area (Å²) in [6.07, 6.45) is 10.0. The molecule has 5 heterocycles. The van der Waals surface area contributed by atoms with Crippen molar-refractivity contribution in [1.29, 1.82) is 0 Å². The highest BCUT2D eigenvalue weighted by molar-refractivity contribution is 7.90. The van der Waals surface area contributed by atoms with Gasteiger partial charge in [-0.3, -0.25) is 20.0 Å². The van der Waals surface area contributed by atoms with Crippen molar-refractivity contribution in [2.45, 2.75) is 32.2 Å². The number of hydrogen-bond donors (Lipinski definition) is 2. The zero-order valence-corrected chi connectivity index (χ0v) is 25.5. The van der Waals surface area contributed by atoms with E-state index >= 15 is 4.39 Å². The molecule has 7 rings (SSSR count). The Balaban J connectivity index is 1.26. The van der Waals surface area contributed by atoms with Crippen molar-refractivity contribution in [1.82, 2.24) is 35.0 Å². The van der Waals surface area contributed by atoms with E-state index in [1.54, 1.807) is 36.7 Å². The summed E-state index contributed by atoms with van der Waals surface area (Å²) in [4.78, 5) is 19.3. The van der Waals surface area contributed by atoms with Gasteiger partial charge in [-0.05, 0) is 85.9 Å². The van der Waals surface area contributed by atoms with Gasteiger partial charge in [0, 0.05) is 48.1 Å². The lowest BCUT2D eigenvalue weighted by molar-refractivity contribution is 0.220. The lowest BCUT2D eigenvalue weighted by Gasteiger charge is -2.26. The standard InChI is InChI=1S/C33H31F2N7O2S/c1-45(43,44)12-8-20-13-22(16-24(34)15-20)30-31-27(7-9-37-30)38-33(39-31)32-28-26(40-41-32)6-5-25(29(28)35)23-14-21(17-36-18-23)19-42-10-3-2-4-11-42/h5-7,9,13-18H,2-4,8,10-12,19H2,1H3,(H,38,39)(H,40,41). The Kier molecular flexibility index (Phi) is 7.62. The summed E-state index contributed by atoms with van der Waals surface area (Å²) in [5.41, 5.74) is 5.42. The van der Waals surface area contributed by atoms with E-state index in [-0.39, 0.29) is 17.6 Å². The van der Waals surface area contributed by atoms with Crippen LogP contribution in [0.5, 0.6) is 0 Å². The van der Waals surface area contributed by atoms with Crippen molar-refractivity contribution < 1.29 is 17.2 Å². The molecule has 0 atom stereocenters.